The highest BCUT2D eigenvalue weighted by molar-refractivity contribution is 6.28. The summed E-state index contributed by atoms with van der Waals surface area (Å²) in [5.74, 6) is -0.456. The molecule has 0 aliphatic rings. The second-order valence-electron chi connectivity index (χ2n) is 12.1. The van der Waals surface area contributed by atoms with E-state index in [9.17, 15) is 29.0 Å². The van der Waals surface area contributed by atoms with Crippen LogP contribution in [0.1, 0.15) is 11.4 Å². The SMILES string of the molecule is COc1cc(F)c([N+](=O)[O-])cc1N.COc1cc(F)c([N+](=O)[O-])cc1Nc1nccc(-n2nc(C)c3ccccc32)n1.Cc1nn(-c2ccnc(Cl)n2)c2ccccc12. The molecule has 0 radical (unpaired) electrons. The lowest BCUT2D eigenvalue weighted by Crippen LogP contribution is -2.05. The fourth-order valence-electron chi connectivity index (χ4n) is 5.71. The summed E-state index contributed by atoms with van der Waals surface area (Å²) in [7, 11) is 2.64. The Balaban J connectivity index is 0.000000165. The molecule has 18 nitrogen and oxygen atoms in total. The Morgan fingerprint density at radius 1 is 0.712 bits per heavy atom. The van der Waals surface area contributed by atoms with Gasteiger partial charge in [-0.3, -0.25) is 20.2 Å². The summed E-state index contributed by atoms with van der Waals surface area (Å²) >= 11 is 5.79. The maximum atomic E-state index is 13.9. The van der Waals surface area contributed by atoms with E-state index in [1.165, 1.54) is 20.4 Å². The normalized spacial score (nSPS) is 10.6. The van der Waals surface area contributed by atoms with Crippen molar-refractivity contribution in [3.63, 3.8) is 0 Å². The first kappa shape index (κ1) is 40.8. The van der Waals surface area contributed by atoms with Gasteiger partial charge in [-0.2, -0.15) is 28.9 Å². The van der Waals surface area contributed by atoms with Crippen molar-refractivity contribution in [2.45, 2.75) is 13.8 Å². The third-order valence-electron chi connectivity index (χ3n) is 8.44. The van der Waals surface area contributed by atoms with Crippen LogP contribution in [0.5, 0.6) is 11.5 Å². The van der Waals surface area contributed by atoms with Crippen molar-refractivity contribution >= 4 is 62.1 Å². The molecule has 4 heterocycles. The Morgan fingerprint density at radius 3 is 1.73 bits per heavy atom. The monoisotopic (exact) mass is 824 g/mol. The number of nitro groups is 2. The average molecular weight is 825 g/mol. The first-order valence-electron chi connectivity index (χ1n) is 17.1. The fraction of sp³-hybridized carbons (Fsp3) is 0.105. The van der Waals surface area contributed by atoms with Crippen molar-refractivity contribution in [1.82, 2.24) is 39.5 Å². The predicted molar refractivity (Wildman–Crippen MR) is 215 cm³/mol. The number of nitro benzene ring substituents is 2. The number of anilines is 3. The summed E-state index contributed by atoms with van der Waals surface area (Å²) in [5.41, 5.74) is 7.92. The van der Waals surface area contributed by atoms with Crippen molar-refractivity contribution in [1.29, 1.82) is 0 Å². The van der Waals surface area contributed by atoms with Gasteiger partial charge in [0, 0.05) is 59.6 Å². The zero-order valence-corrected chi connectivity index (χ0v) is 32.1. The van der Waals surface area contributed by atoms with E-state index < -0.39 is 32.9 Å². The summed E-state index contributed by atoms with van der Waals surface area (Å²) in [5, 5.41) is 35.5. The molecular weight excluding hydrogens is 794 g/mol. The molecule has 0 saturated carbocycles. The van der Waals surface area contributed by atoms with Crippen molar-refractivity contribution in [3.05, 3.63) is 146 Å². The number of rotatable bonds is 8. The maximum Gasteiger partial charge on any atom is 0.307 e. The van der Waals surface area contributed by atoms with Gasteiger partial charge in [-0.1, -0.05) is 36.4 Å². The topological polar surface area (TPSA) is 230 Å². The number of nitrogens with one attached hydrogen (secondary N) is 1. The average Bonchev–Trinajstić information content (AvgIpc) is 3.75. The summed E-state index contributed by atoms with van der Waals surface area (Å²) in [4.78, 5) is 36.2. The summed E-state index contributed by atoms with van der Waals surface area (Å²) in [6.45, 7) is 3.88. The molecule has 0 fully saturated rings. The number of fused-ring (bicyclic) bond motifs is 2. The first-order chi connectivity index (χ1) is 28.3. The van der Waals surface area contributed by atoms with Crippen LogP contribution >= 0.6 is 11.6 Å². The molecule has 59 heavy (non-hydrogen) atoms. The third-order valence-corrected chi connectivity index (χ3v) is 8.62. The minimum Gasteiger partial charge on any atom is -0.494 e. The van der Waals surface area contributed by atoms with Gasteiger partial charge >= 0.3 is 11.4 Å². The van der Waals surface area contributed by atoms with Crippen LogP contribution in [0, 0.1) is 45.7 Å². The minimum absolute atomic E-state index is 0.0376. The number of aryl methyl sites for hydroxylation is 2. The van der Waals surface area contributed by atoms with Gasteiger partial charge < -0.3 is 20.5 Å². The van der Waals surface area contributed by atoms with E-state index in [0.717, 1.165) is 57.5 Å². The highest BCUT2D eigenvalue weighted by Gasteiger charge is 2.20. The predicted octanol–water partition coefficient (Wildman–Crippen LogP) is 8.03. The molecule has 0 aliphatic carbocycles. The van der Waals surface area contributed by atoms with E-state index in [4.69, 9.17) is 22.1 Å². The Labute approximate surface area is 337 Å². The number of halogens is 3. The Kier molecular flexibility index (Phi) is 12.1. The number of benzene rings is 4. The van der Waals surface area contributed by atoms with Gasteiger partial charge in [0.15, 0.2) is 11.6 Å². The van der Waals surface area contributed by atoms with Gasteiger partial charge in [-0.05, 0) is 37.6 Å². The molecule has 0 spiro atoms. The van der Waals surface area contributed by atoms with Gasteiger partial charge in [-0.15, -0.1) is 0 Å². The molecule has 4 aromatic heterocycles. The Bertz CT molecular complexity index is 2860. The molecular formula is C38H31ClF2N12O6. The summed E-state index contributed by atoms with van der Waals surface area (Å²) in [6, 6.07) is 23.0. The highest BCUT2D eigenvalue weighted by atomic mass is 35.5. The molecule has 0 unspecified atom stereocenters. The van der Waals surface area contributed by atoms with Crippen LogP contribution in [0.15, 0.2) is 97.3 Å². The zero-order valence-electron chi connectivity index (χ0n) is 31.4. The molecule has 8 aromatic rings. The van der Waals surface area contributed by atoms with E-state index in [2.05, 4.69) is 40.2 Å². The molecule has 8 rings (SSSR count). The van der Waals surface area contributed by atoms with Gasteiger partial charge in [0.05, 0.1) is 57.9 Å². The van der Waals surface area contributed by atoms with Crippen molar-refractivity contribution in [2.75, 3.05) is 25.3 Å². The molecule has 0 saturated heterocycles. The maximum absolute atomic E-state index is 13.9. The number of para-hydroxylation sites is 2. The lowest BCUT2D eigenvalue weighted by molar-refractivity contribution is -0.387. The highest BCUT2D eigenvalue weighted by Crippen LogP contribution is 2.34. The van der Waals surface area contributed by atoms with Crippen molar-refractivity contribution in [3.8, 4) is 23.1 Å². The molecule has 0 aliphatic heterocycles. The quantitative estimate of drug-likeness (QED) is 0.0640. The van der Waals surface area contributed by atoms with Crippen LogP contribution in [0.25, 0.3) is 33.4 Å². The summed E-state index contributed by atoms with van der Waals surface area (Å²) in [6.07, 6.45) is 3.15. The van der Waals surface area contributed by atoms with Crippen LogP contribution in [0.4, 0.5) is 37.5 Å². The zero-order chi connectivity index (χ0) is 42.4. The summed E-state index contributed by atoms with van der Waals surface area (Å²) < 4.78 is 40.0. The number of nitrogens with two attached hydrogens (primary N) is 1. The number of hydrogen-bond acceptors (Lipinski definition) is 14. The smallest absolute Gasteiger partial charge is 0.307 e. The first-order valence-corrected chi connectivity index (χ1v) is 17.4. The van der Waals surface area contributed by atoms with E-state index >= 15 is 0 Å². The van der Waals surface area contributed by atoms with Gasteiger partial charge in [0.2, 0.25) is 22.9 Å². The minimum atomic E-state index is -0.995. The van der Waals surface area contributed by atoms with Crippen molar-refractivity contribution in [2.24, 2.45) is 0 Å². The van der Waals surface area contributed by atoms with Crippen LogP contribution in [0.2, 0.25) is 5.28 Å². The van der Waals surface area contributed by atoms with Crippen LogP contribution in [-0.2, 0) is 0 Å². The molecule has 0 bridgehead atoms. The largest absolute Gasteiger partial charge is 0.494 e. The lowest BCUT2D eigenvalue weighted by atomic mass is 10.2. The molecule has 300 valence electrons. The number of nitrogen functional groups attached to an aromatic ring is 1. The number of aromatic nitrogens is 8. The second-order valence-corrected chi connectivity index (χ2v) is 12.5. The van der Waals surface area contributed by atoms with E-state index in [0.29, 0.717) is 11.6 Å². The Morgan fingerprint density at radius 2 is 1.20 bits per heavy atom. The molecule has 4 aromatic carbocycles. The molecule has 0 amide bonds. The molecule has 3 N–H and O–H groups in total. The lowest BCUT2D eigenvalue weighted by Gasteiger charge is -2.11. The van der Waals surface area contributed by atoms with Crippen molar-refractivity contribution < 1.29 is 28.1 Å². The van der Waals surface area contributed by atoms with Gasteiger partial charge in [0.1, 0.15) is 11.5 Å². The molecule has 0 atom stereocenters. The van der Waals surface area contributed by atoms with Gasteiger partial charge in [-0.25, -0.2) is 19.3 Å². The Hall–Kier alpha value is -7.87. The number of hydrogen-bond donors (Lipinski definition) is 2. The molecule has 21 heteroatoms. The fourth-order valence-corrected chi connectivity index (χ4v) is 5.85. The standard InChI is InChI=1S/C19H15FN6O3.C12H9ClN4.C7H7FN2O3/c1-11-12-5-3-4-6-15(12)25(24-11)18-7-8-21-19(23-18)22-14-10-16(26(27)28)13(20)9-17(14)29-2;1-8-9-4-2-3-5-10(9)17(16-8)11-6-7-14-12(13)15-11;1-13-7-2-4(8)6(10(11)12)3-5(7)9/h3-10H,1-2H3,(H,21,22,23);2-7H,1H3;2-3H,9H2,1H3. The third kappa shape index (κ3) is 8.92. The van der Waals surface area contributed by atoms with Gasteiger partial charge in [0.25, 0.3) is 0 Å². The number of nitrogens with zero attached hydrogens (tertiary/aromatic N) is 10. The second kappa shape index (κ2) is 17.5. The van der Waals surface area contributed by atoms with Crippen LogP contribution in [0.3, 0.4) is 0 Å². The number of ether oxygens (including phenoxy) is 2. The number of methoxy groups -OCH3 is 2. The van der Waals surface area contributed by atoms with E-state index in [1.807, 2.05) is 62.4 Å². The van der Waals surface area contributed by atoms with E-state index in [-0.39, 0.29) is 34.1 Å². The van der Waals surface area contributed by atoms with E-state index in [1.54, 1.807) is 27.7 Å². The van der Waals surface area contributed by atoms with Crippen LogP contribution < -0.4 is 20.5 Å². The van der Waals surface area contributed by atoms with Crippen LogP contribution in [-0.4, -0.2) is 63.6 Å².